The minimum Gasteiger partial charge on any atom is -0.348 e. The van der Waals surface area contributed by atoms with Crippen LogP contribution < -0.4 is 5.32 Å². The van der Waals surface area contributed by atoms with Crippen LogP contribution in [0.4, 0.5) is 0 Å². The van der Waals surface area contributed by atoms with E-state index in [0.29, 0.717) is 5.56 Å². The first-order valence-electron chi connectivity index (χ1n) is 9.19. The van der Waals surface area contributed by atoms with Crippen LogP contribution >= 0.6 is 0 Å². The third-order valence-corrected chi connectivity index (χ3v) is 5.00. The largest absolute Gasteiger partial charge is 0.348 e. The van der Waals surface area contributed by atoms with E-state index in [2.05, 4.69) is 57.7 Å². The van der Waals surface area contributed by atoms with Gasteiger partial charge >= 0.3 is 0 Å². The van der Waals surface area contributed by atoms with Crippen molar-refractivity contribution in [1.82, 2.24) is 15.2 Å². The number of carbonyl (C=O) groups excluding carboxylic acids is 1. The first-order chi connectivity index (χ1) is 12.8. The van der Waals surface area contributed by atoms with E-state index in [0.717, 1.165) is 32.5 Å². The van der Waals surface area contributed by atoms with E-state index in [1.165, 1.54) is 16.3 Å². The van der Waals surface area contributed by atoms with Crippen molar-refractivity contribution in [3.05, 3.63) is 78.1 Å². The third kappa shape index (κ3) is 3.92. The number of likely N-dealkylation sites (tertiary alicyclic amines) is 1. The number of nitrogens with zero attached hydrogens (tertiary/aromatic N) is 2. The zero-order valence-electron chi connectivity index (χ0n) is 14.8. The molecule has 1 atom stereocenters. The van der Waals surface area contributed by atoms with E-state index in [4.69, 9.17) is 0 Å². The van der Waals surface area contributed by atoms with Gasteiger partial charge in [0.15, 0.2) is 0 Å². The molecule has 1 amide bonds. The third-order valence-electron chi connectivity index (χ3n) is 5.00. The van der Waals surface area contributed by atoms with Crippen LogP contribution in [0.25, 0.3) is 10.8 Å². The van der Waals surface area contributed by atoms with Crippen molar-refractivity contribution in [3.63, 3.8) is 0 Å². The van der Waals surface area contributed by atoms with Crippen molar-refractivity contribution in [2.75, 3.05) is 13.1 Å². The molecule has 132 valence electrons. The number of carbonyl (C=O) groups is 1. The van der Waals surface area contributed by atoms with Crippen molar-refractivity contribution < 1.29 is 4.79 Å². The number of piperidine rings is 1. The maximum Gasteiger partial charge on any atom is 0.251 e. The molecule has 1 aliphatic rings. The quantitative estimate of drug-likeness (QED) is 0.785. The Kier molecular flexibility index (Phi) is 4.93. The van der Waals surface area contributed by atoms with Crippen LogP contribution in [0.2, 0.25) is 0 Å². The first kappa shape index (κ1) is 16.7. The second-order valence-corrected chi connectivity index (χ2v) is 6.97. The number of aromatic nitrogens is 1. The predicted molar refractivity (Wildman–Crippen MR) is 104 cm³/mol. The molecule has 3 aromatic rings. The lowest BCUT2D eigenvalue weighted by molar-refractivity contribution is 0.0900. The fourth-order valence-corrected chi connectivity index (χ4v) is 3.68. The lowest BCUT2D eigenvalue weighted by Gasteiger charge is -2.33. The predicted octanol–water partition coefficient (Wildman–Crippen LogP) is 3.63. The molecular formula is C22H23N3O. The van der Waals surface area contributed by atoms with E-state index in [-0.39, 0.29) is 11.9 Å². The molecule has 0 aliphatic carbocycles. The van der Waals surface area contributed by atoms with Gasteiger partial charge in [0.2, 0.25) is 0 Å². The highest BCUT2D eigenvalue weighted by Gasteiger charge is 2.22. The molecule has 1 unspecified atom stereocenters. The molecule has 2 heterocycles. The monoisotopic (exact) mass is 345 g/mol. The summed E-state index contributed by atoms with van der Waals surface area (Å²) < 4.78 is 0. The topological polar surface area (TPSA) is 45.2 Å². The van der Waals surface area contributed by atoms with E-state index >= 15 is 0 Å². The lowest BCUT2D eigenvalue weighted by Crippen LogP contribution is -2.47. The van der Waals surface area contributed by atoms with Gasteiger partial charge in [0.1, 0.15) is 0 Å². The molecule has 1 fully saturated rings. The molecule has 26 heavy (non-hydrogen) atoms. The molecule has 1 N–H and O–H groups in total. The summed E-state index contributed by atoms with van der Waals surface area (Å²) in [5, 5.41) is 5.73. The van der Waals surface area contributed by atoms with Crippen molar-refractivity contribution in [1.29, 1.82) is 0 Å². The average Bonchev–Trinajstić information content (AvgIpc) is 2.69. The molecule has 2 aromatic carbocycles. The van der Waals surface area contributed by atoms with Gasteiger partial charge < -0.3 is 5.32 Å². The van der Waals surface area contributed by atoms with Gasteiger partial charge in [-0.2, -0.15) is 0 Å². The van der Waals surface area contributed by atoms with Gasteiger partial charge in [-0.05, 0) is 53.9 Å². The summed E-state index contributed by atoms with van der Waals surface area (Å²) in [6.45, 7) is 2.89. The minimum atomic E-state index is -0.00930. The Morgan fingerprint density at radius 1 is 1.08 bits per heavy atom. The van der Waals surface area contributed by atoms with Crippen LogP contribution in [0, 0.1) is 0 Å². The van der Waals surface area contributed by atoms with Crippen molar-refractivity contribution >= 4 is 16.7 Å². The maximum absolute atomic E-state index is 12.4. The standard InChI is InChI=1S/C22H23N3O/c26-22(19-9-11-23-12-10-19)24-21-6-3-13-25(16-21)15-17-7-8-18-4-1-2-5-20(18)14-17/h1-2,4-5,7-12,14,21H,3,6,13,15-16H2,(H,24,26). The van der Waals surface area contributed by atoms with Crippen LogP contribution in [-0.2, 0) is 6.54 Å². The molecule has 1 saturated heterocycles. The van der Waals surface area contributed by atoms with Crippen LogP contribution in [0.15, 0.2) is 67.0 Å². The van der Waals surface area contributed by atoms with E-state index in [1.807, 2.05) is 0 Å². The molecule has 1 aromatic heterocycles. The molecule has 0 radical (unpaired) electrons. The average molecular weight is 345 g/mol. The van der Waals surface area contributed by atoms with Crippen LogP contribution in [0.1, 0.15) is 28.8 Å². The Hall–Kier alpha value is -2.72. The smallest absolute Gasteiger partial charge is 0.251 e. The number of nitrogens with one attached hydrogen (secondary N) is 1. The van der Waals surface area contributed by atoms with Crippen LogP contribution in [0.5, 0.6) is 0 Å². The summed E-state index contributed by atoms with van der Waals surface area (Å²) in [5.74, 6) is -0.00930. The normalized spacial score (nSPS) is 17.9. The van der Waals surface area contributed by atoms with Gasteiger partial charge in [0.05, 0.1) is 0 Å². The fraction of sp³-hybridized carbons (Fsp3) is 0.273. The van der Waals surface area contributed by atoms with Gasteiger partial charge in [0, 0.05) is 37.1 Å². The highest BCUT2D eigenvalue weighted by molar-refractivity contribution is 5.94. The van der Waals surface area contributed by atoms with Crippen LogP contribution in [0.3, 0.4) is 0 Å². The zero-order chi connectivity index (χ0) is 17.8. The molecular weight excluding hydrogens is 322 g/mol. The van der Waals surface area contributed by atoms with E-state index in [1.54, 1.807) is 24.5 Å². The number of amides is 1. The number of hydrogen-bond acceptors (Lipinski definition) is 3. The summed E-state index contributed by atoms with van der Waals surface area (Å²) in [6, 6.07) is 18.8. The number of hydrogen-bond donors (Lipinski definition) is 1. The molecule has 4 rings (SSSR count). The molecule has 0 spiro atoms. The van der Waals surface area contributed by atoms with Gasteiger partial charge in [-0.25, -0.2) is 0 Å². The minimum absolute atomic E-state index is 0.00930. The second-order valence-electron chi connectivity index (χ2n) is 6.97. The van der Waals surface area contributed by atoms with Crippen molar-refractivity contribution in [2.24, 2.45) is 0 Å². The Labute approximate surface area is 153 Å². The van der Waals surface area contributed by atoms with Gasteiger partial charge in [-0.3, -0.25) is 14.7 Å². The SMILES string of the molecule is O=C(NC1CCCN(Cc2ccc3ccccc3c2)C1)c1ccncc1. The Bertz CT molecular complexity index is 894. The molecule has 0 bridgehead atoms. The van der Waals surface area contributed by atoms with Gasteiger partial charge in [0.25, 0.3) is 5.91 Å². The first-order valence-corrected chi connectivity index (χ1v) is 9.19. The fourth-order valence-electron chi connectivity index (χ4n) is 3.68. The van der Waals surface area contributed by atoms with Crippen molar-refractivity contribution in [3.8, 4) is 0 Å². The lowest BCUT2D eigenvalue weighted by atomic mass is 10.0. The molecule has 1 aliphatic heterocycles. The van der Waals surface area contributed by atoms with Gasteiger partial charge in [-0.15, -0.1) is 0 Å². The van der Waals surface area contributed by atoms with Crippen LogP contribution in [-0.4, -0.2) is 34.9 Å². The molecule has 4 heteroatoms. The second kappa shape index (κ2) is 7.67. The summed E-state index contributed by atoms with van der Waals surface area (Å²) in [7, 11) is 0. The summed E-state index contributed by atoms with van der Waals surface area (Å²) in [6.07, 6.45) is 5.45. The summed E-state index contributed by atoms with van der Waals surface area (Å²) >= 11 is 0. The van der Waals surface area contributed by atoms with E-state index in [9.17, 15) is 4.79 Å². The molecule has 0 saturated carbocycles. The number of fused-ring (bicyclic) bond motifs is 1. The molecule has 4 nitrogen and oxygen atoms in total. The van der Waals surface area contributed by atoms with Crippen molar-refractivity contribution in [2.45, 2.75) is 25.4 Å². The zero-order valence-corrected chi connectivity index (χ0v) is 14.8. The summed E-state index contributed by atoms with van der Waals surface area (Å²) in [4.78, 5) is 18.8. The Balaban J connectivity index is 1.39. The Morgan fingerprint density at radius 3 is 2.73 bits per heavy atom. The number of rotatable bonds is 4. The number of benzene rings is 2. The number of pyridine rings is 1. The summed E-state index contributed by atoms with van der Waals surface area (Å²) in [5.41, 5.74) is 2.00. The van der Waals surface area contributed by atoms with Gasteiger partial charge in [-0.1, -0.05) is 36.4 Å². The Morgan fingerprint density at radius 2 is 1.88 bits per heavy atom. The highest BCUT2D eigenvalue weighted by Crippen LogP contribution is 2.19. The van der Waals surface area contributed by atoms with E-state index < -0.39 is 0 Å². The maximum atomic E-state index is 12.4. The highest BCUT2D eigenvalue weighted by atomic mass is 16.1.